The molecule has 0 spiro atoms. The molecular weight excluding hydrogens is 487 g/mol. The highest BCUT2D eigenvalue weighted by molar-refractivity contribution is 6.46. The van der Waals surface area contributed by atoms with Crippen molar-refractivity contribution < 1.29 is 19.1 Å². The van der Waals surface area contributed by atoms with Gasteiger partial charge in [-0.1, -0.05) is 23.2 Å². The van der Waals surface area contributed by atoms with Crippen LogP contribution in [0.5, 0.6) is 0 Å². The third-order valence-corrected chi connectivity index (χ3v) is 5.05. The van der Waals surface area contributed by atoms with Crippen LogP contribution in [0.15, 0.2) is 52.4 Å². The number of nitrogens with zero attached hydrogens (tertiary/aromatic N) is 2. The number of methoxy groups -OCH3 is 1. The Bertz CT molecular complexity index is 1340. The smallest absolute Gasteiger partial charge is 0.332 e. The number of H-pyrrole nitrogens is 1. The van der Waals surface area contributed by atoms with Crippen molar-refractivity contribution >= 4 is 63.5 Å². The van der Waals surface area contributed by atoms with Crippen molar-refractivity contribution in [1.29, 1.82) is 0 Å². The summed E-state index contributed by atoms with van der Waals surface area (Å²) in [5.41, 5.74) is 7.00. The molecule has 2 aromatic carbocycles. The third-order valence-electron chi connectivity index (χ3n) is 4.56. The van der Waals surface area contributed by atoms with Gasteiger partial charge in [0.05, 0.1) is 18.1 Å². The second-order valence-corrected chi connectivity index (χ2v) is 7.76. The van der Waals surface area contributed by atoms with Gasteiger partial charge in [0, 0.05) is 22.2 Å². The first kappa shape index (κ1) is 24.7. The van der Waals surface area contributed by atoms with Gasteiger partial charge < -0.3 is 20.8 Å². The van der Waals surface area contributed by atoms with Crippen LogP contribution in [-0.2, 0) is 20.7 Å². The molecule has 1 atom stereocenters. The molecule has 0 radical (unpaired) electrons. The topological polar surface area (TPSA) is 169 Å². The fraction of sp³-hybridized carbons (Fsp3) is 0.143. The SMILES string of the molecule is COC(=O)[C@H](Cc1nc2ccc(Cl)cc2[nH]c1=O)/C(=N\NC(N)=O)C(=O)Nc1ccc(Cl)cc1. The number of primary amides is 1. The Hall–Kier alpha value is -3.96. The van der Waals surface area contributed by atoms with E-state index in [1.165, 1.54) is 30.3 Å². The van der Waals surface area contributed by atoms with Crippen LogP contribution < -0.4 is 22.0 Å². The van der Waals surface area contributed by atoms with Crippen molar-refractivity contribution in [3.63, 3.8) is 0 Å². The molecule has 11 nitrogen and oxygen atoms in total. The molecule has 3 rings (SSSR count). The number of esters is 1. The maximum absolute atomic E-state index is 13.0. The molecular formula is C21H18Cl2N6O5. The standard InChI is InChI=1S/C21H18Cl2N6O5/c1-34-20(32)13(9-16-18(30)27-15-8-11(23)4-7-14(15)26-16)17(28-29-21(24)33)19(31)25-12-5-2-10(22)3-6-12/h2-8,13H,9H2,1H3,(H,25,31)(H,27,30)(H3,24,29,33)/b28-17+/t13-/m1/s1. The number of carbonyl (C=O) groups is 3. The maximum Gasteiger partial charge on any atom is 0.332 e. The number of ether oxygens (including phenoxy) is 1. The molecule has 0 aliphatic carbocycles. The summed E-state index contributed by atoms with van der Waals surface area (Å²) in [5.74, 6) is -3.16. The number of nitrogens with one attached hydrogen (secondary N) is 3. The number of aromatic amines is 1. The molecule has 0 saturated carbocycles. The van der Waals surface area contributed by atoms with E-state index < -0.39 is 35.1 Å². The summed E-state index contributed by atoms with van der Waals surface area (Å²) in [6.45, 7) is 0. The van der Waals surface area contributed by atoms with Gasteiger partial charge in [0.1, 0.15) is 17.3 Å². The highest BCUT2D eigenvalue weighted by Crippen LogP contribution is 2.18. The molecule has 0 fully saturated rings. The first-order valence-electron chi connectivity index (χ1n) is 9.64. The van der Waals surface area contributed by atoms with Gasteiger partial charge in [-0.05, 0) is 42.5 Å². The average molecular weight is 505 g/mol. The van der Waals surface area contributed by atoms with Crippen molar-refractivity contribution in [1.82, 2.24) is 15.4 Å². The van der Waals surface area contributed by atoms with Crippen molar-refractivity contribution in [2.45, 2.75) is 6.42 Å². The molecule has 34 heavy (non-hydrogen) atoms. The van der Waals surface area contributed by atoms with Gasteiger partial charge in [0.25, 0.3) is 11.5 Å². The molecule has 0 unspecified atom stereocenters. The molecule has 3 aromatic rings. The maximum atomic E-state index is 13.0. The summed E-state index contributed by atoms with van der Waals surface area (Å²) in [4.78, 5) is 56.4. The fourth-order valence-electron chi connectivity index (χ4n) is 2.99. The van der Waals surface area contributed by atoms with Crippen LogP contribution in [0.3, 0.4) is 0 Å². The minimum atomic E-state index is -1.41. The van der Waals surface area contributed by atoms with E-state index in [0.717, 1.165) is 7.11 Å². The number of anilines is 1. The molecule has 0 saturated heterocycles. The van der Waals surface area contributed by atoms with Gasteiger partial charge >= 0.3 is 12.0 Å². The van der Waals surface area contributed by atoms with Crippen LogP contribution in [0.4, 0.5) is 10.5 Å². The number of carbonyl (C=O) groups excluding carboxylic acids is 3. The van der Waals surface area contributed by atoms with E-state index in [2.05, 4.69) is 20.4 Å². The first-order valence-corrected chi connectivity index (χ1v) is 10.4. The second kappa shape index (κ2) is 10.8. The van der Waals surface area contributed by atoms with E-state index in [1.807, 2.05) is 5.43 Å². The zero-order chi connectivity index (χ0) is 24.8. The Balaban J connectivity index is 2.01. The number of amides is 3. The summed E-state index contributed by atoms with van der Waals surface area (Å²) in [7, 11) is 1.10. The van der Waals surface area contributed by atoms with E-state index in [-0.39, 0.29) is 12.1 Å². The van der Waals surface area contributed by atoms with Crippen LogP contribution in [0.1, 0.15) is 5.69 Å². The lowest BCUT2D eigenvalue weighted by Gasteiger charge is -2.17. The number of hydrogen-bond donors (Lipinski definition) is 4. The number of fused-ring (bicyclic) bond motifs is 1. The average Bonchev–Trinajstić information content (AvgIpc) is 2.79. The molecule has 176 valence electrons. The number of nitrogens with two attached hydrogens (primary N) is 1. The van der Waals surface area contributed by atoms with E-state index in [0.29, 0.717) is 26.8 Å². The number of benzene rings is 2. The highest BCUT2D eigenvalue weighted by Gasteiger charge is 2.33. The van der Waals surface area contributed by atoms with Crippen LogP contribution >= 0.6 is 23.2 Å². The zero-order valence-electron chi connectivity index (χ0n) is 17.6. The predicted octanol–water partition coefficient (Wildman–Crippen LogP) is 2.22. The van der Waals surface area contributed by atoms with Crippen LogP contribution in [0, 0.1) is 5.92 Å². The van der Waals surface area contributed by atoms with Crippen molar-refractivity contribution in [2.24, 2.45) is 16.8 Å². The highest BCUT2D eigenvalue weighted by atomic mass is 35.5. The molecule has 5 N–H and O–H groups in total. The Morgan fingerprint density at radius 2 is 1.82 bits per heavy atom. The van der Waals surface area contributed by atoms with Gasteiger partial charge in [0.2, 0.25) is 0 Å². The Morgan fingerprint density at radius 1 is 1.15 bits per heavy atom. The van der Waals surface area contributed by atoms with E-state index in [1.54, 1.807) is 12.1 Å². The number of aromatic nitrogens is 2. The Morgan fingerprint density at radius 3 is 2.47 bits per heavy atom. The Labute approximate surface area is 202 Å². The second-order valence-electron chi connectivity index (χ2n) is 6.89. The predicted molar refractivity (Wildman–Crippen MR) is 127 cm³/mol. The molecule has 3 amide bonds. The molecule has 13 heteroatoms. The molecule has 0 bridgehead atoms. The van der Waals surface area contributed by atoms with Crippen LogP contribution in [-0.4, -0.2) is 40.7 Å². The van der Waals surface area contributed by atoms with Gasteiger partial charge in [-0.25, -0.2) is 15.2 Å². The number of hydrazone groups is 1. The molecule has 1 aromatic heterocycles. The fourth-order valence-corrected chi connectivity index (χ4v) is 3.29. The lowest BCUT2D eigenvalue weighted by molar-refractivity contribution is -0.143. The van der Waals surface area contributed by atoms with Crippen LogP contribution in [0.25, 0.3) is 11.0 Å². The van der Waals surface area contributed by atoms with E-state index >= 15 is 0 Å². The van der Waals surface area contributed by atoms with Gasteiger partial charge in [0.15, 0.2) is 0 Å². The summed E-state index contributed by atoms with van der Waals surface area (Å²) in [5, 5.41) is 7.08. The zero-order valence-corrected chi connectivity index (χ0v) is 19.1. The number of rotatable bonds is 7. The van der Waals surface area contributed by atoms with Gasteiger partial charge in [-0.3, -0.25) is 14.4 Å². The number of hydrogen-bond acceptors (Lipinski definition) is 7. The minimum absolute atomic E-state index is 0.0729. The summed E-state index contributed by atoms with van der Waals surface area (Å²) >= 11 is 11.8. The lowest BCUT2D eigenvalue weighted by atomic mass is 9.96. The summed E-state index contributed by atoms with van der Waals surface area (Å²) in [6.07, 6.45) is -0.367. The van der Waals surface area contributed by atoms with Gasteiger partial charge in [-0.2, -0.15) is 5.10 Å². The van der Waals surface area contributed by atoms with E-state index in [9.17, 15) is 19.2 Å². The quantitative estimate of drug-likeness (QED) is 0.218. The Kier molecular flexibility index (Phi) is 7.82. The normalized spacial score (nSPS) is 12.1. The van der Waals surface area contributed by atoms with Crippen molar-refractivity contribution in [2.75, 3.05) is 12.4 Å². The number of urea groups is 1. The number of halogens is 2. The molecule has 0 aliphatic heterocycles. The van der Waals surface area contributed by atoms with Gasteiger partial charge in [-0.15, -0.1) is 0 Å². The van der Waals surface area contributed by atoms with Crippen LogP contribution in [0.2, 0.25) is 10.0 Å². The van der Waals surface area contributed by atoms with Crippen molar-refractivity contribution in [3.8, 4) is 0 Å². The van der Waals surface area contributed by atoms with E-state index in [4.69, 9.17) is 33.7 Å². The summed E-state index contributed by atoms with van der Waals surface area (Å²) < 4.78 is 4.81. The largest absolute Gasteiger partial charge is 0.468 e. The molecule has 1 heterocycles. The summed E-state index contributed by atoms with van der Waals surface area (Å²) in [6, 6.07) is 9.74. The monoisotopic (exact) mass is 504 g/mol. The minimum Gasteiger partial charge on any atom is -0.468 e. The third kappa shape index (κ3) is 6.09. The lowest BCUT2D eigenvalue weighted by Crippen LogP contribution is -2.40. The first-order chi connectivity index (χ1) is 16.2. The van der Waals surface area contributed by atoms with Crippen molar-refractivity contribution in [3.05, 3.63) is 68.6 Å². The molecule has 0 aliphatic rings.